The fourth-order valence-electron chi connectivity index (χ4n) is 4.37. The summed E-state index contributed by atoms with van der Waals surface area (Å²) >= 11 is 0. The number of hydrogen-bond donors (Lipinski definition) is 1. The molecule has 1 aliphatic rings. The zero-order valence-corrected chi connectivity index (χ0v) is 17.2. The van der Waals surface area contributed by atoms with E-state index in [4.69, 9.17) is 5.73 Å². The highest BCUT2D eigenvalue weighted by atomic mass is 16.2. The van der Waals surface area contributed by atoms with Gasteiger partial charge in [0, 0.05) is 18.7 Å². The SMILES string of the molecule is Cc1cccc(-c2ccccc2C[C@]2(C(N)=O)CCN(C(=O)c3ccccc3)C2)c1. The Bertz CT molecular complexity index is 1080. The summed E-state index contributed by atoms with van der Waals surface area (Å²) in [5.74, 6) is -0.393. The van der Waals surface area contributed by atoms with Gasteiger partial charge in [-0.2, -0.15) is 0 Å². The molecule has 0 aromatic heterocycles. The van der Waals surface area contributed by atoms with Crippen LogP contribution in [-0.4, -0.2) is 29.8 Å². The molecule has 0 spiro atoms. The summed E-state index contributed by atoms with van der Waals surface area (Å²) in [6, 6.07) is 25.7. The topological polar surface area (TPSA) is 63.4 Å². The molecule has 0 bridgehead atoms. The van der Waals surface area contributed by atoms with Crippen LogP contribution in [0, 0.1) is 12.3 Å². The number of carbonyl (C=O) groups is 2. The first kappa shape index (κ1) is 19.9. The van der Waals surface area contributed by atoms with E-state index >= 15 is 0 Å². The van der Waals surface area contributed by atoms with Crippen LogP contribution in [0.3, 0.4) is 0 Å². The molecule has 1 aliphatic heterocycles. The molecule has 3 aromatic carbocycles. The Balaban J connectivity index is 1.63. The van der Waals surface area contributed by atoms with Gasteiger partial charge in [0.1, 0.15) is 0 Å². The Morgan fingerprint density at radius 3 is 2.43 bits per heavy atom. The average molecular weight is 399 g/mol. The number of benzene rings is 3. The van der Waals surface area contributed by atoms with Crippen molar-refractivity contribution in [2.24, 2.45) is 11.1 Å². The number of nitrogens with zero attached hydrogens (tertiary/aromatic N) is 1. The van der Waals surface area contributed by atoms with Crippen LogP contribution < -0.4 is 5.73 Å². The van der Waals surface area contributed by atoms with Gasteiger partial charge >= 0.3 is 0 Å². The second-order valence-electron chi connectivity index (χ2n) is 8.19. The van der Waals surface area contributed by atoms with Crippen molar-refractivity contribution < 1.29 is 9.59 Å². The van der Waals surface area contributed by atoms with E-state index in [1.54, 1.807) is 17.0 Å². The molecule has 0 radical (unpaired) electrons. The van der Waals surface area contributed by atoms with Crippen LogP contribution in [0.1, 0.15) is 27.9 Å². The molecule has 1 heterocycles. The van der Waals surface area contributed by atoms with E-state index in [1.165, 1.54) is 5.56 Å². The molecule has 4 heteroatoms. The molecule has 0 saturated carbocycles. The number of aryl methyl sites for hydroxylation is 1. The van der Waals surface area contributed by atoms with Crippen molar-refractivity contribution in [2.75, 3.05) is 13.1 Å². The lowest BCUT2D eigenvalue weighted by Gasteiger charge is -2.27. The van der Waals surface area contributed by atoms with Crippen molar-refractivity contribution >= 4 is 11.8 Å². The Kier molecular flexibility index (Phi) is 5.40. The summed E-state index contributed by atoms with van der Waals surface area (Å²) in [7, 11) is 0. The lowest BCUT2D eigenvalue weighted by molar-refractivity contribution is -0.126. The molecular weight excluding hydrogens is 372 g/mol. The molecule has 152 valence electrons. The first-order valence-electron chi connectivity index (χ1n) is 10.3. The van der Waals surface area contributed by atoms with Gasteiger partial charge in [0.2, 0.25) is 5.91 Å². The second kappa shape index (κ2) is 8.15. The van der Waals surface area contributed by atoms with Crippen molar-refractivity contribution in [2.45, 2.75) is 19.8 Å². The van der Waals surface area contributed by atoms with E-state index < -0.39 is 5.41 Å². The zero-order valence-electron chi connectivity index (χ0n) is 17.2. The van der Waals surface area contributed by atoms with Crippen molar-refractivity contribution in [1.29, 1.82) is 0 Å². The van der Waals surface area contributed by atoms with Gasteiger partial charge in [0.05, 0.1) is 5.41 Å². The Morgan fingerprint density at radius 2 is 1.70 bits per heavy atom. The summed E-state index contributed by atoms with van der Waals surface area (Å²) in [4.78, 5) is 27.3. The Labute approximate surface area is 177 Å². The van der Waals surface area contributed by atoms with Crippen LogP contribution in [0.2, 0.25) is 0 Å². The van der Waals surface area contributed by atoms with Crippen LogP contribution >= 0.6 is 0 Å². The lowest BCUT2D eigenvalue weighted by Crippen LogP contribution is -2.42. The zero-order chi connectivity index (χ0) is 21.1. The Hall–Kier alpha value is -3.40. The van der Waals surface area contributed by atoms with Gasteiger partial charge in [0.25, 0.3) is 5.91 Å². The van der Waals surface area contributed by atoms with E-state index in [9.17, 15) is 9.59 Å². The molecule has 1 atom stereocenters. The number of primary amides is 1. The minimum atomic E-state index is -0.760. The molecule has 2 N–H and O–H groups in total. The minimum Gasteiger partial charge on any atom is -0.369 e. The predicted octanol–water partition coefficient (Wildman–Crippen LogP) is 4.22. The number of hydrogen-bond acceptors (Lipinski definition) is 2. The average Bonchev–Trinajstić information content (AvgIpc) is 3.20. The fraction of sp³-hybridized carbons (Fsp3) is 0.231. The quantitative estimate of drug-likeness (QED) is 0.699. The smallest absolute Gasteiger partial charge is 0.253 e. The summed E-state index contributed by atoms with van der Waals surface area (Å²) < 4.78 is 0. The van der Waals surface area contributed by atoms with Crippen LogP contribution in [0.25, 0.3) is 11.1 Å². The van der Waals surface area contributed by atoms with E-state index in [2.05, 4.69) is 37.3 Å². The lowest BCUT2D eigenvalue weighted by atomic mass is 9.78. The van der Waals surface area contributed by atoms with E-state index in [0.717, 1.165) is 16.7 Å². The first-order chi connectivity index (χ1) is 14.5. The highest BCUT2D eigenvalue weighted by molar-refractivity contribution is 5.95. The normalized spacial score (nSPS) is 18.4. The number of nitrogens with two attached hydrogens (primary N) is 1. The van der Waals surface area contributed by atoms with Gasteiger partial charge in [-0.3, -0.25) is 9.59 Å². The molecular formula is C26H26N2O2. The van der Waals surface area contributed by atoms with E-state index in [-0.39, 0.29) is 11.8 Å². The van der Waals surface area contributed by atoms with Gasteiger partial charge in [0.15, 0.2) is 0 Å². The maximum atomic E-state index is 12.9. The maximum absolute atomic E-state index is 12.9. The van der Waals surface area contributed by atoms with Crippen LogP contribution in [-0.2, 0) is 11.2 Å². The largest absolute Gasteiger partial charge is 0.369 e. The van der Waals surface area contributed by atoms with Crippen LogP contribution in [0.4, 0.5) is 0 Å². The second-order valence-corrected chi connectivity index (χ2v) is 8.19. The molecule has 4 nitrogen and oxygen atoms in total. The van der Waals surface area contributed by atoms with Gasteiger partial charge < -0.3 is 10.6 Å². The molecule has 30 heavy (non-hydrogen) atoms. The Morgan fingerprint density at radius 1 is 0.967 bits per heavy atom. The summed E-state index contributed by atoms with van der Waals surface area (Å²) in [5, 5.41) is 0. The maximum Gasteiger partial charge on any atom is 0.253 e. The standard InChI is InChI=1S/C26H26N2O2/c1-19-8-7-12-21(16-19)23-13-6-5-11-22(23)17-26(25(27)30)14-15-28(18-26)24(29)20-9-3-2-4-10-20/h2-13,16H,14-15,17-18H2,1H3,(H2,27,30)/t26-/m1/s1. The summed E-state index contributed by atoms with van der Waals surface area (Å²) in [6.07, 6.45) is 1.09. The van der Waals surface area contributed by atoms with Crippen LogP contribution in [0.5, 0.6) is 0 Å². The van der Waals surface area contributed by atoms with Gasteiger partial charge in [-0.1, -0.05) is 72.3 Å². The van der Waals surface area contributed by atoms with Crippen molar-refractivity contribution in [3.8, 4) is 11.1 Å². The predicted molar refractivity (Wildman–Crippen MR) is 119 cm³/mol. The number of likely N-dealkylation sites (tertiary alicyclic amines) is 1. The van der Waals surface area contributed by atoms with E-state index in [0.29, 0.717) is 31.5 Å². The third-order valence-corrected chi connectivity index (χ3v) is 6.06. The third-order valence-electron chi connectivity index (χ3n) is 6.06. The van der Waals surface area contributed by atoms with Gasteiger partial charge in [-0.25, -0.2) is 0 Å². The number of rotatable bonds is 5. The molecule has 4 rings (SSSR count). The van der Waals surface area contributed by atoms with E-state index in [1.807, 2.05) is 36.4 Å². The minimum absolute atomic E-state index is 0.0503. The monoisotopic (exact) mass is 398 g/mol. The first-order valence-corrected chi connectivity index (χ1v) is 10.3. The summed E-state index contributed by atoms with van der Waals surface area (Å²) in [5.41, 5.74) is 10.3. The summed E-state index contributed by atoms with van der Waals surface area (Å²) in [6.45, 7) is 2.95. The van der Waals surface area contributed by atoms with Gasteiger partial charge in [-0.15, -0.1) is 0 Å². The van der Waals surface area contributed by atoms with Crippen molar-refractivity contribution in [3.63, 3.8) is 0 Å². The molecule has 1 saturated heterocycles. The number of carbonyl (C=O) groups excluding carboxylic acids is 2. The molecule has 3 aromatic rings. The molecule has 2 amide bonds. The van der Waals surface area contributed by atoms with Crippen molar-refractivity contribution in [3.05, 3.63) is 95.6 Å². The molecule has 1 fully saturated rings. The number of amides is 2. The molecule has 0 aliphatic carbocycles. The highest BCUT2D eigenvalue weighted by Crippen LogP contribution is 2.37. The third kappa shape index (κ3) is 3.86. The van der Waals surface area contributed by atoms with Gasteiger partial charge in [-0.05, 0) is 48.6 Å². The highest BCUT2D eigenvalue weighted by Gasteiger charge is 2.45. The van der Waals surface area contributed by atoms with Crippen LogP contribution in [0.15, 0.2) is 78.9 Å². The molecule has 0 unspecified atom stereocenters. The van der Waals surface area contributed by atoms with Crippen molar-refractivity contribution in [1.82, 2.24) is 4.90 Å². The fourth-order valence-corrected chi connectivity index (χ4v) is 4.37.